The van der Waals surface area contributed by atoms with Crippen molar-refractivity contribution >= 4 is 32.5 Å². The Bertz CT molecular complexity index is 1390. The zero-order valence-corrected chi connectivity index (χ0v) is 19.7. The topological polar surface area (TPSA) is 123 Å². The van der Waals surface area contributed by atoms with Crippen LogP contribution in [0.25, 0.3) is 10.9 Å². The summed E-state index contributed by atoms with van der Waals surface area (Å²) in [5, 5.41) is 10.8. The highest BCUT2D eigenvalue weighted by Crippen LogP contribution is 2.49. The third-order valence-electron chi connectivity index (χ3n) is 7.15. The minimum Gasteiger partial charge on any atom is -0.324 e. The van der Waals surface area contributed by atoms with E-state index in [0.717, 1.165) is 17.0 Å². The molecule has 1 amide bonds. The van der Waals surface area contributed by atoms with Gasteiger partial charge >= 0.3 is 0 Å². The lowest BCUT2D eigenvalue weighted by Gasteiger charge is -2.28. The van der Waals surface area contributed by atoms with E-state index in [1.54, 1.807) is 24.3 Å². The van der Waals surface area contributed by atoms with Crippen molar-refractivity contribution in [3.8, 4) is 0 Å². The van der Waals surface area contributed by atoms with Crippen molar-refractivity contribution in [2.24, 2.45) is 17.8 Å². The second-order valence-electron chi connectivity index (χ2n) is 9.39. The molecule has 2 N–H and O–H groups in total. The summed E-state index contributed by atoms with van der Waals surface area (Å²) < 4.78 is 29.6. The molecule has 2 saturated carbocycles. The van der Waals surface area contributed by atoms with Crippen LogP contribution in [0, 0.1) is 17.8 Å². The summed E-state index contributed by atoms with van der Waals surface area (Å²) in [6, 6.07) is 12.7. The maximum absolute atomic E-state index is 12.9. The van der Waals surface area contributed by atoms with E-state index in [4.69, 9.17) is 0 Å². The largest absolute Gasteiger partial charge is 0.324 e. The quantitative estimate of drug-likeness (QED) is 0.535. The first kappa shape index (κ1) is 22.7. The van der Waals surface area contributed by atoms with Gasteiger partial charge in [-0.3, -0.25) is 9.59 Å². The zero-order chi connectivity index (χ0) is 23.9. The molecule has 34 heavy (non-hydrogen) atoms. The molecular formula is C24H27N5O4S. The maximum atomic E-state index is 12.9. The van der Waals surface area contributed by atoms with E-state index in [9.17, 15) is 18.0 Å². The highest BCUT2D eigenvalue weighted by atomic mass is 32.2. The normalized spacial score (nSPS) is 22.7. The number of hydrogen-bond donors (Lipinski definition) is 2. The van der Waals surface area contributed by atoms with Gasteiger partial charge in [0.2, 0.25) is 15.9 Å². The average Bonchev–Trinajstić information content (AvgIpc) is 3.45. The van der Waals surface area contributed by atoms with Crippen molar-refractivity contribution in [2.45, 2.75) is 50.1 Å². The standard InChI is InChI=1S/C24H27N5O4S/c1-15(21-13-16-6-7-17(21)12-16)27-34(32,33)19-10-8-18(9-11-19)25-23(30)14-29-24(31)20-4-2-3-5-22(20)26-28-29/h2-5,8-11,15-17,21,27H,6-7,12-14H2,1H3,(H,25,30)/t15-,16+,17+,21-/m1/s1. The van der Waals surface area contributed by atoms with E-state index in [-0.39, 0.29) is 17.5 Å². The number of anilines is 1. The number of carbonyl (C=O) groups excluding carboxylic acids is 1. The van der Waals surface area contributed by atoms with E-state index in [2.05, 4.69) is 20.4 Å². The third-order valence-corrected chi connectivity index (χ3v) is 8.72. The number of sulfonamides is 1. The predicted molar refractivity (Wildman–Crippen MR) is 128 cm³/mol. The van der Waals surface area contributed by atoms with E-state index in [1.165, 1.54) is 43.5 Å². The number of nitrogens with zero attached hydrogens (tertiary/aromatic N) is 3. The summed E-state index contributed by atoms with van der Waals surface area (Å²) in [4.78, 5) is 25.1. The van der Waals surface area contributed by atoms with Gasteiger partial charge in [-0.2, -0.15) is 0 Å². The van der Waals surface area contributed by atoms with E-state index >= 15 is 0 Å². The number of rotatable bonds is 7. The molecule has 3 aromatic rings. The first-order chi connectivity index (χ1) is 16.3. The van der Waals surface area contributed by atoms with Crippen LogP contribution in [-0.4, -0.2) is 35.4 Å². The second kappa shape index (κ2) is 8.92. The summed E-state index contributed by atoms with van der Waals surface area (Å²) in [6.07, 6.45) is 4.80. The van der Waals surface area contributed by atoms with Crippen molar-refractivity contribution in [1.29, 1.82) is 0 Å². The molecular weight excluding hydrogens is 454 g/mol. The lowest BCUT2D eigenvalue weighted by atomic mass is 9.84. The number of amides is 1. The lowest BCUT2D eigenvalue weighted by molar-refractivity contribution is -0.117. The summed E-state index contributed by atoms with van der Waals surface area (Å²) in [7, 11) is -3.66. The van der Waals surface area contributed by atoms with Crippen LogP contribution in [0.3, 0.4) is 0 Å². The Hall–Kier alpha value is -3.11. The van der Waals surface area contributed by atoms with Crippen LogP contribution in [0.1, 0.15) is 32.6 Å². The molecule has 2 fully saturated rings. The van der Waals surface area contributed by atoms with E-state index in [0.29, 0.717) is 28.4 Å². The van der Waals surface area contributed by atoms with Gasteiger partial charge in [-0.05, 0) is 80.3 Å². The van der Waals surface area contributed by atoms with Gasteiger partial charge in [0.15, 0.2) is 0 Å². The Labute approximate surface area is 197 Å². The summed E-state index contributed by atoms with van der Waals surface area (Å²) >= 11 is 0. The van der Waals surface area contributed by atoms with Crippen molar-refractivity contribution in [3.63, 3.8) is 0 Å². The number of carbonyl (C=O) groups is 1. The first-order valence-electron chi connectivity index (χ1n) is 11.5. The molecule has 0 saturated heterocycles. The molecule has 2 aromatic carbocycles. The van der Waals surface area contributed by atoms with Gasteiger partial charge in [0.1, 0.15) is 12.1 Å². The molecule has 4 atom stereocenters. The smallest absolute Gasteiger partial charge is 0.278 e. The minimum atomic E-state index is -3.66. The zero-order valence-electron chi connectivity index (χ0n) is 18.8. The van der Waals surface area contributed by atoms with Crippen LogP contribution < -0.4 is 15.6 Å². The molecule has 178 valence electrons. The number of fused-ring (bicyclic) bond motifs is 3. The molecule has 9 nitrogen and oxygen atoms in total. The van der Waals surface area contributed by atoms with Gasteiger partial charge in [-0.1, -0.05) is 23.8 Å². The Morgan fingerprint density at radius 3 is 2.59 bits per heavy atom. The predicted octanol–water partition coefficient (Wildman–Crippen LogP) is 2.53. The molecule has 0 spiro atoms. The first-order valence-corrected chi connectivity index (χ1v) is 13.0. The Kier molecular flexibility index (Phi) is 5.95. The highest BCUT2D eigenvalue weighted by Gasteiger charge is 2.42. The number of hydrogen-bond acceptors (Lipinski definition) is 6. The fraction of sp³-hybridized carbons (Fsp3) is 0.417. The van der Waals surface area contributed by atoms with Crippen LogP contribution >= 0.6 is 0 Å². The Morgan fingerprint density at radius 2 is 1.88 bits per heavy atom. The van der Waals surface area contributed by atoms with Gasteiger partial charge in [-0.25, -0.2) is 17.8 Å². The molecule has 1 heterocycles. The SMILES string of the molecule is C[C@@H](NS(=O)(=O)c1ccc(NC(=O)Cn2nnc3ccccc3c2=O)cc1)[C@H]1C[C@H]2CC[C@H]1C2. The molecule has 2 bridgehead atoms. The van der Waals surface area contributed by atoms with Gasteiger partial charge in [0, 0.05) is 11.7 Å². The molecule has 0 unspecified atom stereocenters. The van der Waals surface area contributed by atoms with E-state index < -0.39 is 21.5 Å². The third kappa shape index (κ3) is 4.47. The molecule has 0 radical (unpaired) electrons. The van der Waals surface area contributed by atoms with Gasteiger partial charge in [0.25, 0.3) is 5.56 Å². The summed E-state index contributed by atoms with van der Waals surface area (Å²) in [6.45, 7) is 1.65. The van der Waals surface area contributed by atoms with Crippen molar-refractivity contribution < 1.29 is 13.2 Å². The van der Waals surface area contributed by atoms with Crippen LogP contribution in [0.5, 0.6) is 0 Å². The fourth-order valence-electron chi connectivity index (χ4n) is 5.49. The van der Waals surface area contributed by atoms with Crippen molar-refractivity contribution in [3.05, 3.63) is 58.9 Å². The van der Waals surface area contributed by atoms with Crippen LogP contribution in [-0.2, 0) is 21.4 Å². The van der Waals surface area contributed by atoms with Gasteiger partial charge in [0.05, 0.1) is 10.3 Å². The lowest BCUT2D eigenvalue weighted by Crippen LogP contribution is -2.40. The van der Waals surface area contributed by atoms with Crippen molar-refractivity contribution in [1.82, 2.24) is 19.7 Å². The molecule has 0 aliphatic heterocycles. The monoisotopic (exact) mass is 481 g/mol. The fourth-order valence-corrected chi connectivity index (χ4v) is 6.78. The number of benzene rings is 2. The number of aromatic nitrogens is 3. The maximum Gasteiger partial charge on any atom is 0.278 e. The molecule has 5 rings (SSSR count). The molecule has 10 heteroatoms. The molecule has 2 aliphatic carbocycles. The minimum absolute atomic E-state index is 0.110. The van der Waals surface area contributed by atoms with Crippen LogP contribution in [0.4, 0.5) is 5.69 Å². The summed E-state index contributed by atoms with van der Waals surface area (Å²) in [5.41, 5.74) is 0.481. The Morgan fingerprint density at radius 1 is 1.12 bits per heavy atom. The second-order valence-corrected chi connectivity index (χ2v) is 11.1. The van der Waals surface area contributed by atoms with Crippen LogP contribution in [0.15, 0.2) is 58.2 Å². The molecule has 2 aliphatic rings. The average molecular weight is 482 g/mol. The molecule has 1 aromatic heterocycles. The van der Waals surface area contributed by atoms with Crippen LogP contribution in [0.2, 0.25) is 0 Å². The van der Waals surface area contributed by atoms with Crippen molar-refractivity contribution in [2.75, 3.05) is 5.32 Å². The number of nitrogens with one attached hydrogen (secondary N) is 2. The Balaban J connectivity index is 1.22. The highest BCUT2D eigenvalue weighted by molar-refractivity contribution is 7.89. The summed E-state index contributed by atoms with van der Waals surface area (Å²) in [5.74, 6) is 1.31. The van der Waals surface area contributed by atoms with Gasteiger partial charge in [-0.15, -0.1) is 5.10 Å². The van der Waals surface area contributed by atoms with Gasteiger partial charge < -0.3 is 5.32 Å². The van der Waals surface area contributed by atoms with E-state index in [1.807, 2.05) is 6.92 Å².